The van der Waals surface area contributed by atoms with Crippen LogP contribution in [0.25, 0.3) is 11.2 Å². The van der Waals surface area contributed by atoms with Gasteiger partial charge in [-0.3, -0.25) is 4.79 Å². The number of carbonyl (C=O) groups is 1. The topological polar surface area (TPSA) is 97.6 Å². The van der Waals surface area contributed by atoms with Crippen molar-refractivity contribution in [3.05, 3.63) is 101 Å². The third kappa shape index (κ3) is 6.23. The molecule has 2 aromatic heterocycles. The Hall–Kier alpha value is -5.12. The molecule has 0 spiro atoms. The van der Waals surface area contributed by atoms with E-state index in [9.17, 15) is 4.79 Å². The number of rotatable bonds is 10. The second kappa shape index (κ2) is 12.0. The lowest BCUT2D eigenvalue weighted by atomic mass is 10.1. The zero-order valence-corrected chi connectivity index (χ0v) is 24.9. The number of carbonyl (C=O) groups excluding carboxylic acids is 1. The second-order valence-electron chi connectivity index (χ2n) is 11.0. The molecule has 0 bridgehead atoms. The Labute approximate surface area is 250 Å². The maximum absolute atomic E-state index is 13.0. The summed E-state index contributed by atoms with van der Waals surface area (Å²) in [6, 6.07) is 22.0. The van der Waals surface area contributed by atoms with E-state index < -0.39 is 0 Å². The van der Waals surface area contributed by atoms with Crippen LogP contribution in [0.5, 0.6) is 11.5 Å². The van der Waals surface area contributed by atoms with Crippen molar-refractivity contribution in [1.29, 1.82) is 0 Å². The van der Waals surface area contributed by atoms with E-state index in [0.717, 1.165) is 33.8 Å². The summed E-state index contributed by atoms with van der Waals surface area (Å²) < 4.78 is 13.0. The average Bonchev–Trinajstić information content (AvgIpc) is 3.66. The van der Waals surface area contributed by atoms with Gasteiger partial charge in [0.15, 0.2) is 28.5 Å². The van der Waals surface area contributed by atoms with Crippen molar-refractivity contribution < 1.29 is 14.3 Å². The molecule has 5 aromatic rings. The number of hydrogen-bond acceptors (Lipinski definition) is 8. The molecule has 1 aliphatic rings. The Morgan fingerprint density at radius 1 is 0.884 bits per heavy atom. The molecule has 0 aliphatic carbocycles. The third-order valence-corrected chi connectivity index (χ3v) is 7.58. The smallest absolute Gasteiger partial charge is 0.253 e. The van der Waals surface area contributed by atoms with Crippen molar-refractivity contribution in [2.75, 3.05) is 44.2 Å². The molecule has 0 unspecified atom stereocenters. The number of amides is 1. The average molecular weight is 578 g/mol. The normalized spacial score (nSPS) is 12.0. The number of nitrogens with zero attached hydrogens (tertiary/aromatic N) is 6. The molecule has 3 heterocycles. The number of fused-ring (bicyclic) bond motifs is 2. The molecule has 1 N–H and O–H groups in total. The number of hydrogen-bond donors (Lipinski definition) is 1. The van der Waals surface area contributed by atoms with E-state index in [1.54, 1.807) is 4.90 Å². The molecule has 0 radical (unpaired) electrons. The Morgan fingerprint density at radius 2 is 1.58 bits per heavy atom. The van der Waals surface area contributed by atoms with Gasteiger partial charge in [-0.15, -0.1) is 0 Å². The first-order valence-electron chi connectivity index (χ1n) is 14.3. The monoisotopic (exact) mass is 577 g/mol. The van der Waals surface area contributed by atoms with Crippen LogP contribution in [0.3, 0.4) is 0 Å². The van der Waals surface area contributed by atoms with E-state index in [1.807, 2.05) is 79.3 Å². The molecule has 0 saturated heterocycles. The molecule has 10 nitrogen and oxygen atoms in total. The summed E-state index contributed by atoms with van der Waals surface area (Å²) in [6.45, 7) is 6.53. The minimum atomic E-state index is -0.0213. The van der Waals surface area contributed by atoms with Gasteiger partial charge in [0.1, 0.15) is 0 Å². The van der Waals surface area contributed by atoms with Gasteiger partial charge in [0.25, 0.3) is 5.91 Å². The number of aryl methyl sites for hydroxylation is 2. The van der Waals surface area contributed by atoms with Gasteiger partial charge in [-0.1, -0.05) is 53.6 Å². The minimum absolute atomic E-state index is 0.0213. The van der Waals surface area contributed by atoms with Crippen molar-refractivity contribution in [1.82, 2.24) is 24.4 Å². The molecule has 10 heteroatoms. The number of ether oxygens (including phenoxy) is 2. The quantitative estimate of drug-likeness (QED) is 0.247. The Kier molecular flexibility index (Phi) is 7.83. The van der Waals surface area contributed by atoms with Crippen LogP contribution in [0.2, 0.25) is 0 Å². The van der Waals surface area contributed by atoms with Crippen LogP contribution in [0, 0.1) is 13.8 Å². The van der Waals surface area contributed by atoms with Crippen molar-refractivity contribution >= 4 is 28.8 Å². The van der Waals surface area contributed by atoms with Crippen LogP contribution in [0.1, 0.15) is 32.6 Å². The molecule has 1 amide bonds. The summed E-state index contributed by atoms with van der Waals surface area (Å²) in [5, 5.41) is 3.47. The number of anilines is 2. The van der Waals surface area contributed by atoms with Crippen molar-refractivity contribution in [3.63, 3.8) is 0 Å². The lowest BCUT2D eigenvalue weighted by molar-refractivity contribution is 0.0798. The van der Waals surface area contributed by atoms with Gasteiger partial charge in [0.2, 0.25) is 12.7 Å². The Morgan fingerprint density at radius 3 is 2.35 bits per heavy atom. The fourth-order valence-corrected chi connectivity index (χ4v) is 4.89. The fourth-order valence-electron chi connectivity index (χ4n) is 4.89. The van der Waals surface area contributed by atoms with Crippen LogP contribution >= 0.6 is 0 Å². The van der Waals surface area contributed by atoms with Gasteiger partial charge in [0, 0.05) is 39.3 Å². The zero-order chi connectivity index (χ0) is 29.9. The molecule has 0 fully saturated rings. The van der Waals surface area contributed by atoms with Gasteiger partial charge in [0.05, 0.1) is 12.9 Å². The Bertz CT molecular complexity index is 1750. The molecule has 3 aromatic carbocycles. The summed E-state index contributed by atoms with van der Waals surface area (Å²) in [5.41, 5.74) is 6.61. The first-order valence-corrected chi connectivity index (χ1v) is 14.3. The molecule has 0 atom stereocenters. The van der Waals surface area contributed by atoms with Crippen LogP contribution in [-0.2, 0) is 13.1 Å². The van der Waals surface area contributed by atoms with Gasteiger partial charge in [-0.2, -0.15) is 9.97 Å². The maximum atomic E-state index is 13.0. The molecule has 43 heavy (non-hydrogen) atoms. The lowest BCUT2D eigenvalue weighted by Gasteiger charge is -2.23. The summed E-state index contributed by atoms with van der Waals surface area (Å²) >= 11 is 0. The Balaban J connectivity index is 1.24. The van der Waals surface area contributed by atoms with E-state index in [4.69, 9.17) is 24.4 Å². The van der Waals surface area contributed by atoms with Crippen molar-refractivity contribution in [3.8, 4) is 11.5 Å². The van der Waals surface area contributed by atoms with E-state index >= 15 is 0 Å². The molecule has 0 saturated carbocycles. The molecular formula is C33H35N7O3. The van der Waals surface area contributed by atoms with Gasteiger partial charge >= 0.3 is 0 Å². The second-order valence-corrected chi connectivity index (χ2v) is 11.0. The van der Waals surface area contributed by atoms with Crippen molar-refractivity contribution in [2.24, 2.45) is 0 Å². The number of aromatic nitrogens is 4. The van der Waals surface area contributed by atoms with Gasteiger partial charge in [-0.05, 0) is 49.2 Å². The van der Waals surface area contributed by atoms with Gasteiger partial charge < -0.3 is 29.2 Å². The number of imidazole rings is 1. The van der Waals surface area contributed by atoms with Crippen LogP contribution in [-0.4, -0.2) is 64.3 Å². The highest BCUT2D eigenvalue weighted by Gasteiger charge is 2.19. The zero-order valence-electron chi connectivity index (χ0n) is 24.9. The summed E-state index contributed by atoms with van der Waals surface area (Å²) in [7, 11) is 3.75. The molecule has 220 valence electrons. The number of nitrogens with one attached hydrogen (secondary N) is 1. The molecule has 6 rings (SSSR count). The van der Waals surface area contributed by atoms with E-state index in [-0.39, 0.29) is 12.7 Å². The predicted octanol–water partition coefficient (Wildman–Crippen LogP) is 5.04. The van der Waals surface area contributed by atoms with Crippen LogP contribution < -0.4 is 19.7 Å². The minimum Gasteiger partial charge on any atom is -0.454 e. The highest BCUT2D eigenvalue weighted by Crippen LogP contribution is 2.33. The first-order chi connectivity index (χ1) is 20.8. The predicted molar refractivity (Wildman–Crippen MR) is 167 cm³/mol. The molecule has 1 aliphatic heterocycles. The highest BCUT2D eigenvalue weighted by molar-refractivity contribution is 5.94. The van der Waals surface area contributed by atoms with Crippen LogP contribution in [0.15, 0.2) is 73.1 Å². The maximum Gasteiger partial charge on any atom is 0.253 e. The van der Waals surface area contributed by atoms with E-state index in [2.05, 4.69) is 36.5 Å². The summed E-state index contributed by atoms with van der Waals surface area (Å²) in [6.07, 6.45) is 1.81. The lowest BCUT2D eigenvalue weighted by Crippen LogP contribution is -2.35. The summed E-state index contributed by atoms with van der Waals surface area (Å²) in [4.78, 5) is 31.2. The number of benzene rings is 3. The fraction of sp³-hybridized carbons (Fsp3) is 0.273. The van der Waals surface area contributed by atoms with E-state index in [1.165, 1.54) is 5.56 Å². The number of likely N-dealkylation sites (N-methyl/N-ethyl adjacent to an activating group) is 2. The van der Waals surface area contributed by atoms with Crippen molar-refractivity contribution in [2.45, 2.75) is 26.9 Å². The standard InChI is InChI=1S/C33H35N7O3/c1-22-5-9-24(10-6-22)19-40-20-35-29-30(34-18-25-11-14-27-28(17-25)43-21-42-27)36-33(37-31(29)40)39(4)16-15-38(3)32(41)26-12-7-23(2)8-13-26/h5-14,17,20H,15-16,18-19,21H2,1-4H3,(H,34,36,37). The summed E-state index contributed by atoms with van der Waals surface area (Å²) in [5.74, 6) is 2.64. The van der Waals surface area contributed by atoms with Gasteiger partial charge in [-0.25, -0.2) is 4.98 Å². The largest absolute Gasteiger partial charge is 0.454 e. The van der Waals surface area contributed by atoms with E-state index in [0.29, 0.717) is 49.0 Å². The highest BCUT2D eigenvalue weighted by atomic mass is 16.7. The van der Waals surface area contributed by atoms with Crippen LogP contribution in [0.4, 0.5) is 11.8 Å². The first kappa shape index (κ1) is 28.0. The third-order valence-electron chi connectivity index (χ3n) is 7.58. The molecular weight excluding hydrogens is 542 g/mol. The SMILES string of the molecule is Cc1ccc(Cn2cnc3c(NCc4ccc5c(c4)OCO5)nc(N(C)CCN(C)C(=O)c4ccc(C)cc4)nc32)cc1.